The third kappa shape index (κ3) is 6.15. The summed E-state index contributed by atoms with van der Waals surface area (Å²) < 4.78 is 25.7. The van der Waals surface area contributed by atoms with Gasteiger partial charge in [0.05, 0.1) is 29.1 Å². The van der Waals surface area contributed by atoms with E-state index in [1.165, 1.54) is 12.1 Å². The van der Waals surface area contributed by atoms with Crippen molar-refractivity contribution < 1.29 is 18.7 Å². The molecular formula is C31H32FN9O3. The summed E-state index contributed by atoms with van der Waals surface area (Å²) in [7, 11) is 0. The molecule has 3 aromatic heterocycles. The number of unbranched alkanes of at least 4 members (excludes halogenated alkanes) is 1. The number of H-pyrrole nitrogens is 1. The third-order valence-electron chi connectivity index (χ3n) is 8.00. The van der Waals surface area contributed by atoms with E-state index < -0.39 is 5.82 Å². The van der Waals surface area contributed by atoms with Crippen molar-refractivity contribution in [3.63, 3.8) is 0 Å². The molecule has 1 aliphatic heterocycles. The number of nitrogens with one attached hydrogen (secondary N) is 2. The Morgan fingerprint density at radius 2 is 2.09 bits per heavy atom. The second kappa shape index (κ2) is 12.6. The van der Waals surface area contributed by atoms with Crippen LogP contribution in [0.1, 0.15) is 54.5 Å². The lowest BCUT2D eigenvalue weighted by Crippen LogP contribution is -2.65. The number of ether oxygens (including phenoxy) is 2. The summed E-state index contributed by atoms with van der Waals surface area (Å²) in [5.41, 5.74) is 2.61. The highest BCUT2D eigenvalue weighted by molar-refractivity contribution is 5.95. The maximum Gasteiger partial charge on any atom is 0.273 e. The number of anilines is 1. The zero-order valence-corrected chi connectivity index (χ0v) is 24.3. The molecule has 2 aliphatic rings. The molecule has 1 spiro atoms. The number of carbonyl (C=O) groups is 1. The largest absolute Gasteiger partial charge is 0.488 e. The van der Waals surface area contributed by atoms with E-state index in [-0.39, 0.29) is 23.1 Å². The number of halogens is 1. The van der Waals surface area contributed by atoms with E-state index in [1.54, 1.807) is 24.4 Å². The molecule has 12 nitrogen and oxygen atoms in total. The van der Waals surface area contributed by atoms with Crippen LogP contribution in [0.15, 0.2) is 48.7 Å². The lowest BCUT2D eigenvalue weighted by molar-refractivity contribution is -0.0344. The quantitative estimate of drug-likeness (QED) is 0.230. The minimum Gasteiger partial charge on any atom is -0.488 e. The van der Waals surface area contributed by atoms with Crippen molar-refractivity contribution in [3.05, 3.63) is 71.6 Å². The van der Waals surface area contributed by atoms with Crippen molar-refractivity contribution in [2.75, 3.05) is 31.1 Å². The molecule has 226 valence electrons. The first-order valence-electron chi connectivity index (χ1n) is 14.7. The number of hydrogen-bond acceptors (Lipinski definition) is 10. The number of pyridine rings is 2. The maximum absolute atomic E-state index is 13.6. The highest BCUT2D eigenvalue weighted by Gasteiger charge is 2.54. The number of carbonyl (C=O) groups excluding carboxylic acids is 1. The van der Waals surface area contributed by atoms with Crippen LogP contribution in [0, 0.1) is 22.6 Å². The fourth-order valence-corrected chi connectivity index (χ4v) is 5.91. The van der Waals surface area contributed by atoms with Gasteiger partial charge in [-0.1, -0.05) is 0 Å². The van der Waals surface area contributed by atoms with Gasteiger partial charge >= 0.3 is 0 Å². The fraction of sp³-hybridized carbons (Fsp3) is 0.387. The molecule has 0 radical (unpaired) electrons. The minimum absolute atomic E-state index is 0.0721. The molecule has 1 aromatic carbocycles. The Labute approximate surface area is 253 Å². The van der Waals surface area contributed by atoms with E-state index in [0.717, 1.165) is 44.5 Å². The Morgan fingerprint density at radius 3 is 2.86 bits per heavy atom. The van der Waals surface area contributed by atoms with Crippen molar-refractivity contribution >= 4 is 11.6 Å². The Hall–Kier alpha value is -5.12. The molecule has 4 heterocycles. The summed E-state index contributed by atoms with van der Waals surface area (Å²) in [4.78, 5) is 24.6. The molecule has 0 unspecified atom stereocenters. The summed E-state index contributed by atoms with van der Waals surface area (Å²) in [6.07, 6.45) is 5.42. The van der Waals surface area contributed by atoms with Gasteiger partial charge in [-0.2, -0.15) is 5.26 Å². The molecule has 1 saturated carbocycles. The molecule has 0 bridgehead atoms. The van der Waals surface area contributed by atoms with E-state index in [4.69, 9.17) is 14.5 Å². The SMILES string of the molecule is CCOc1ncccc1-c1ccc(OC2CC3(C2)CN(c2ccc(F)cc2C#N)C3)c(C(=O)NCCCCc2nnn[nH]2)n1. The zero-order valence-electron chi connectivity index (χ0n) is 24.3. The molecule has 1 saturated heterocycles. The molecular weight excluding hydrogens is 565 g/mol. The van der Waals surface area contributed by atoms with E-state index in [1.807, 2.05) is 19.1 Å². The predicted molar refractivity (Wildman–Crippen MR) is 157 cm³/mol. The molecule has 6 rings (SSSR count). The highest BCUT2D eigenvalue weighted by Crippen LogP contribution is 2.51. The molecule has 13 heteroatoms. The van der Waals surface area contributed by atoms with Crippen LogP contribution in [-0.4, -0.2) is 68.8 Å². The molecule has 1 amide bonds. The standard InChI is InChI=1S/C31H32FN9O3/c1-2-43-30-23(6-5-13-35-30)24-9-11-26(28(36-24)29(42)34-12-4-3-7-27-37-39-40-38-27)44-22-15-31(16-22)18-41(19-31)25-10-8-21(32)14-20(25)17-33/h5-6,8-11,13-14,22H,2-4,7,12,15-16,18-19H2,1H3,(H,34,42)(H,37,38,39,40). The molecule has 4 aromatic rings. The minimum atomic E-state index is -0.418. The van der Waals surface area contributed by atoms with Crippen LogP contribution in [0.3, 0.4) is 0 Å². The summed E-state index contributed by atoms with van der Waals surface area (Å²) in [6, 6.07) is 13.7. The Balaban J connectivity index is 1.12. The number of aromatic nitrogens is 6. The van der Waals surface area contributed by atoms with Crippen molar-refractivity contribution in [1.82, 2.24) is 35.9 Å². The number of rotatable bonds is 12. The van der Waals surface area contributed by atoms with Gasteiger partial charge in [-0.15, -0.1) is 5.10 Å². The number of aryl methyl sites for hydroxylation is 1. The van der Waals surface area contributed by atoms with E-state index >= 15 is 0 Å². The number of hydrogen-bond donors (Lipinski definition) is 2. The first-order valence-corrected chi connectivity index (χ1v) is 14.7. The van der Waals surface area contributed by atoms with Gasteiger partial charge < -0.3 is 19.7 Å². The fourth-order valence-electron chi connectivity index (χ4n) is 5.91. The summed E-state index contributed by atoms with van der Waals surface area (Å²) in [5.74, 6) is 0.828. The summed E-state index contributed by atoms with van der Waals surface area (Å²) in [5, 5.41) is 26.2. The average molecular weight is 598 g/mol. The van der Waals surface area contributed by atoms with Gasteiger partial charge in [0, 0.05) is 37.7 Å². The van der Waals surface area contributed by atoms with E-state index in [2.05, 4.69) is 41.9 Å². The van der Waals surface area contributed by atoms with Gasteiger partial charge in [0.2, 0.25) is 5.88 Å². The first-order chi connectivity index (χ1) is 21.5. The molecule has 1 aliphatic carbocycles. The maximum atomic E-state index is 13.6. The highest BCUT2D eigenvalue weighted by atomic mass is 19.1. The molecule has 44 heavy (non-hydrogen) atoms. The summed E-state index contributed by atoms with van der Waals surface area (Å²) >= 11 is 0. The van der Waals surface area contributed by atoms with Crippen LogP contribution < -0.4 is 19.7 Å². The lowest BCUT2D eigenvalue weighted by Gasteiger charge is -2.59. The van der Waals surface area contributed by atoms with E-state index in [9.17, 15) is 14.4 Å². The Morgan fingerprint density at radius 1 is 1.23 bits per heavy atom. The Bertz CT molecular complexity index is 1660. The Kier molecular flexibility index (Phi) is 8.31. The van der Waals surface area contributed by atoms with Crippen LogP contribution >= 0.6 is 0 Å². The van der Waals surface area contributed by atoms with Crippen molar-refractivity contribution in [1.29, 1.82) is 5.26 Å². The van der Waals surface area contributed by atoms with Gasteiger partial charge in [0.1, 0.15) is 23.8 Å². The van der Waals surface area contributed by atoms with Gasteiger partial charge in [-0.3, -0.25) is 4.79 Å². The van der Waals surface area contributed by atoms with Gasteiger partial charge in [0.25, 0.3) is 5.91 Å². The van der Waals surface area contributed by atoms with Crippen LogP contribution in [0.5, 0.6) is 11.6 Å². The summed E-state index contributed by atoms with van der Waals surface area (Å²) in [6.45, 7) is 4.32. The first kappa shape index (κ1) is 29.0. The van der Waals surface area contributed by atoms with Gasteiger partial charge in [-0.05, 0) is 85.5 Å². The average Bonchev–Trinajstić information content (AvgIpc) is 3.52. The lowest BCUT2D eigenvalue weighted by atomic mass is 9.61. The number of nitriles is 1. The van der Waals surface area contributed by atoms with Crippen LogP contribution in [0.4, 0.5) is 10.1 Å². The second-order valence-electron chi connectivity index (χ2n) is 11.2. The van der Waals surface area contributed by atoms with Gasteiger partial charge in [-0.25, -0.2) is 19.5 Å². The molecule has 2 fully saturated rings. The predicted octanol–water partition coefficient (Wildman–Crippen LogP) is 3.87. The van der Waals surface area contributed by atoms with E-state index in [0.29, 0.717) is 53.8 Å². The number of aromatic amines is 1. The topological polar surface area (TPSA) is 155 Å². The zero-order chi connectivity index (χ0) is 30.5. The van der Waals surface area contributed by atoms with Crippen molar-refractivity contribution in [3.8, 4) is 29.0 Å². The normalized spacial score (nSPS) is 15.2. The van der Waals surface area contributed by atoms with Crippen LogP contribution in [0.25, 0.3) is 11.3 Å². The third-order valence-corrected chi connectivity index (χ3v) is 8.00. The molecule has 0 atom stereocenters. The van der Waals surface area contributed by atoms with Crippen LogP contribution in [-0.2, 0) is 6.42 Å². The number of amides is 1. The number of tetrazole rings is 1. The number of benzene rings is 1. The number of nitrogens with zero attached hydrogens (tertiary/aromatic N) is 7. The van der Waals surface area contributed by atoms with Crippen LogP contribution in [0.2, 0.25) is 0 Å². The molecule has 2 N–H and O–H groups in total. The smallest absolute Gasteiger partial charge is 0.273 e. The van der Waals surface area contributed by atoms with Crippen molar-refractivity contribution in [2.24, 2.45) is 5.41 Å². The monoisotopic (exact) mass is 597 g/mol. The van der Waals surface area contributed by atoms with Gasteiger partial charge in [0.15, 0.2) is 11.4 Å². The second-order valence-corrected chi connectivity index (χ2v) is 11.2. The van der Waals surface area contributed by atoms with Crippen molar-refractivity contribution in [2.45, 2.75) is 45.1 Å².